The van der Waals surface area contributed by atoms with Crippen LogP contribution in [-0.2, 0) is 6.54 Å². The van der Waals surface area contributed by atoms with Crippen molar-refractivity contribution in [3.63, 3.8) is 0 Å². The molecule has 2 bridgehead atoms. The van der Waals surface area contributed by atoms with Gasteiger partial charge in [-0.2, -0.15) is 0 Å². The van der Waals surface area contributed by atoms with Gasteiger partial charge >= 0.3 is 0 Å². The van der Waals surface area contributed by atoms with E-state index in [-0.39, 0.29) is 0 Å². The maximum absolute atomic E-state index is 5.58. The minimum absolute atomic E-state index is 0.452. The summed E-state index contributed by atoms with van der Waals surface area (Å²) in [5, 5.41) is 7.67. The predicted octanol–water partition coefficient (Wildman–Crippen LogP) is 4.49. The van der Waals surface area contributed by atoms with Crippen LogP contribution in [0.15, 0.2) is 48.5 Å². The molecule has 0 aromatic heterocycles. The van der Waals surface area contributed by atoms with Crippen LogP contribution >= 0.6 is 12.2 Å². The van der Waals surface area contributed by atoms with Gasteiger partial charge in [-0.1, -0.05) is 30.3 Å². The van der Waals surface area contributed by atoms with Crippen molar-refractivity contribution in [2.75, 3.05) is 12.4 Å². The number of hydrogen-bond acceptors (Lipinski definition) is 3. The van der Waals surface area contributed by atoms with Crippen molar-refractivity contribution < 1.29 is 4.74 Å². The third-order valence-corrected chi connectivity index (χ3v) is 6.36. The molecule has 28 heavy (non-hydrogen) atoms. The summed E-state index contributed by atoms with van der Waals surface area (Å²) in [7, 11) is 1.71. The number of aryl methyl sites for hydroxylation is 1. The molecule has 0 saturated carbocycles. The first kappa shape index (κ1) is 19.2. The lowest BCUT2D eigenvalue weighted by Crippen LogP contribution is -2.50. The molecule has 2 aliphatic rings. The van der Waals surface area contributed by atoms with Gasteiger partial charge in [-0.05, 0) is 74.2 Å². The Morgan fingerprint density at radius 1 is 1.07 bits per heavy atom. The van der Waals surface area contributed by atoms with Crippen LogP contribution in [0.2, 0.25) is 0 Å². The molecule has 148 valence electrons. The summed E-state index contributed by atoms with van der Waals surface area (Å²) in [6.45, 7) is 3.13. The fourth-order valence-corrected chi connectivity index (χ4v) is 4.93. The van der Waals surface area contributed by atoms with E-state index in [9.17, 15) is 0 Å². The molecule has 0 radical (unpaired) electrons. The Labute approximate surface area is 173 Å². The van der Waals surface area contributed by atoms with Crippen LogP contribution in [0.3, 0.4) is 0 Å². The van der Waals surface area contributed by atoms with E-state index in [2.05, 4.69) is 58.9 Å². The number of anilines is 1. The fraction of sp³-hybridized carbons (Fsp3) is 0.435. The minimum Gasteiger partial charge on any atom is -0.497 e. The van der Waals surface area contributed by atoms with Crippen LogP contribution in [-0.4, -0.2) is 35.2 Å². The van der Waals surface area contributed by atoms with Crippen LogP contribution < -0.4 is 15.4 Å². The number of fused-ring (bicyclic) bond motifs is 2. The van der Waals surface area contributed by atoms with Gasteiger partial charge in [0.15, 0.2) is 5.11 Å². The van der Waals surface area contributed by atoms with Crippen LogP contribution in [0, 0.1) is 6.92 Å². The van der Waals surface area contributed by atoms with Crippen LogP contribution in [0.1, 0.15) is 36.8 Å². The van der Waals surface area contributed by atoms with E-state index in [0.717, 1.165) is 35.9 Å². The molecule has 5 heteroatoms. The molecular weight excluding hydrogens is 366 g/mol. The van der Waals surface area contributed by atoms with Gasteiger partial charge < -0.3 is 15.4 Å². The standard InChI is InChI=1S/C23H29N3OS/c1-16-5-3-4-6-22(16)25-23(28)24-18-13-19-9-10-20(14-18)26(19)15-17-7-11-21(27-2)12-8-17/h3-8,11-12,18-20H,9-10,13-15H2,1-2H3,(H2,24,25,28)/t18?,19-,20+. The molecule has 2 fully saturated rings. The normalized spacial score (nSPS) is 24.0. The fourth-order valence-electron chi connectivity index (χ4n) is 4.65. The van der Waals surface area contributed by atoms with Crippen molar-refractivity contribution in [1.82, 2.24) is 10.2 Å². The van der Waals surface area contributed by atoms with E-state index in [0.29, 0.717) is 18.1 Å². The van der Waals surface area contributed by atoms with E-state index >= 15 is 0 Å². The smallest absolute Gasteiger partial charge is 0.171 e. The summed E-state index contributed by atoms with van der Waals surface area (Å²) in [6.07, 6.45) is 4.89. The van der Waals surface area contributed by atoms with Crippen LogP contribution in [0.5, 0.6) is 5.75 Å². The number of nitrogens with one attached hydrogen (secondary N) is 2. The number of thiocarbonyl (C=S) groups is 1. The highest BCUT2D eigenvalue weighted by Crippen LogP contribution is 2.37. The van der Waals surface area contributed by atoms with Gasteiger partial charge in [0, 0.05) is 30.4 Å². The lowest BCUT2D eigenvalue weighted by Gasteiger charge is -2.39. The van der Waals surface area contributed by atoms with Crippen molar-refractivity contribution in [3.8, 4) is 5.75 Å². The van der Waals surface area contributed by atoms with Gasteiger partial charge in [-0.15, -0.1) is 0 Å². The second-order valence-electron chi connectivity index (χ2n) is 7.99. The Morgan fingerprint density at radius 2 is 1.75 bits per heavy atom. The number of piperidine rings is 1. The summed E-state index contributed by atoms with van der Waals surface area (Å²) in [6, 6.07) is 18.5. The first-order valence-corrected chi connectivity index (χ1v) is 10.5. The zero-order valence-corrected chi connectivity index (χ0v) is 17.5. The lowest BCUT2D eigenvalue weighted by atomic mass is 9.96. The second kappa shape index (κ2) is 8.50. The minimum atomic E-state index is 0.452. The van der Waals surface area contributed by atoms with Gasteiger partial charge in [0.1, 0.15) is 5.75 Å². The number of methoxy groups -OCH3 is 1. The Kier molecular flexibility index (Phi) is 5.83. The molecule has 2 heterocycles. The number of ether oxygens (including phenoxy) is 1. The highest BCUT2D eigenvalue weighted by atomic mass is 32.1. The van der Waals surface area contributed by atoms with Crippen molar-refractivity contribution >= 4 is 23.0 Å². The topological polar surface area (TPSA) is 36.5 Å². The molecular formula is C23H29N3OS. The molecule has 0 amide bonds. The van der Waals surface area contributed by atoms with Crippen LogP contribution in [0.25, 0.3) is 0 Å². The predicted molar refractivity (Wildman–Crippen MR) is 119 cm³/mol. The van der Waals surface area contributed by atoms with E-state index in [4.69, 9.17) is 17.0 Å². The lowest BCUT2D eigenvalue weighted by molar-refractivity contribution is 0.115. The number of rotatable bonds is 5. The summed E-state index contributed by atoms with van der Waals surface area (Å²) < 4.78 is 5.27. The van der Waals surface area contributed by atoms with E-state index < -0.39 is 0 Å². The molecule has 0 spiro atoms. The van der Waals surface area contributed by atoms with Crippen LogP contribution in [0.4, 0.5) is 5.69 Å². The quantitative estimate of drug-likeness (QED) is 0.730. The molecule has 2 N–H and O–H groups in total. The molecule has 2 aromatic rings. The first-order valence-electron chi connectivity index (χ1n) is 10.1. The zero-order valence-electron chi connectivity index (χ0n) is 16.7. The third-order valence-electron chi connectivity index (χ3n) is 6.14. The monoisotopic (exact) mass is 395 g/mol. The van der Waals surface area contributed by atoms with Crippen molar-refractivity contribution in [3.05, 3.63) is 59.7 Å². The Bertz CT molecular complexity index is 809. The van der Waals surface area contributed by atoms with Crippen molar-refractivity contribution in [2.45, 2.75) is 57.3 Å². The van der Waals surface area contributed by atoms with Gasteiger partial charge in [0.05, 0.1) is 7.11 Å². The molecule has 0 aliphatic carbocycles. The number of hydrogen-bond donors (Lipinski definition) is 2. The van der Waals surface area contributed by atoms with E-state index in [1.54, 1.807) is 7.11 Å². The average molecular weight is 396 g/mol. The Hall–Kier alpha value is -2.11. The van der Waals surface area contributed by atoms with Crippen molar-refractivity contribution in [1.29, 1.82) is 0 Å². The van der Waals surface area contributed by atoms with E-state index in [1.807, 2.05) is 12.1 Å². The number of para-hydroxylation sites is 1. The second-order valence-corrected chi connectivity index (χ2v) is 8.40. The molecule has 1 unspecified atom stereocenters. The highest BCUT2D eigenvalue weighted by Gasteiger charge is 2.40. The summed E-state index contributed by atoms with van der Waals surface area (Å²) in [4.78, 5) is 2.69. The first-order chi connectivity index (χ1) is 13.6. The summed E-state index contributed by atoms with van der Waals surface area (Å²) >= 11 is 5.58. The highest BCUT2D eigenvalue weighted by molar-refractivity contribution is 7.80. The Morgan fingerprint density at radius 3 is 2.39 bits per heavy atom. The van der Waals surface area contributed by atoms with Gasteiger partial charge in [-0.3, -0.25) is 4.90 Å². The average Bonchev–Trinajstić information content (AvgIpc) is 2.93. The molecule has 4 rings (SSSR count). The number of nitrogens with zero attached hydrogens (tertiary/aromatic N) is 1. The summed E-state index contributed by atoms with van der Waals surface area (Å²) in [5.41, 5.74) is 3.65. The third kappa shape index (κ3) is 4.31. The zero-order chi connectivity index (χ0) is 19.5. The maximum atomic E-state index is 5.58. The molecule has 3 atom stereocenters. The van der Waals surface area contributed by atoms with Crippen molar-refractivity contribution in [2.24, 2.45) is 0 Å². The largest absolute Gasteiger partial charge is 0.497 e. The van der Waals surface area contributed by atoms with E-state index in [1.165, 1.54) is 24.0 Å². The van der Waals surface area contributed by atoms with Gasteiger partial charge in [0.25, 0.3) is 0 Å². The molecule has 2 aliphatic heterocycles. The Balaban J connectivity index is 1.33. The maximum Gasteiger partial charge on any atom is 0.171 e. The van der Waals surface area contributed by atoms with Gasteiger partial charge in [-0.25, -0.2) is 0 Å². The van der Waals surface area contributed by atoms with Gasteiger partial charge in [0.2, 0.25) is 0 Å². The molecule has 2 saturated heterocycles. The molecule has 2 aromatic carbocycles. The molecule has 4 nitrogen and oxygen atoms in total. The summed E-state index contributed by atoms with van der Waals surface area (Å²) in [5.74, 6) is 0.921. The number of benzene rings is 2. The SMILES string of the molecule is COc1ccc(CN2[C@@H]3CC[C@H]2CC(NC(=S)Nc2ccccc2C)C3)cc1.